The Bertz CT molecular complexity index is 1750. The second-order valence-corrected chi connectivity index (χ2v) is 13.7. The minimum atomic E-state index is -0.498. The van der Waals surface area contributed by atoms with Crippen molar-refractivity contribution in [2.75, 3.05) is 69.1 Å². The van der Waals surface area contributed by atoms with Crippen LogP contribution in [0.4, 0.5) is 11.4 Å². The molecule has 2 saturated heterocycles. The lowest BCUT2D eigenvalue weighted by Crippen LogP contribution is -2.33. The van der Waals surface area contributed by atoms with Crippen molar-refractivity contribution in [2.45, 2.75) is 19.1 Å². The van der Waals surface area contributed by atoms with E-state index in [2.05, 4.69) is 26.3 Å². The second kappa shape index (κ2) is 19.3. The molecule has 0 spiro atoms. The number of carbonyl (C=O) groups excluding carboxylic acids is 2. The van der Waals surface area contributed by atoms with Crippen molar-refractivity contribution in [1.82, 2.24) is 15.6 Å². The molecular weight excluding hydrogens is 729 g/mol. The van der Waals surface area contributed by atoms with E-state index in [-0.39, 0.29) is 40.8 Å². The summed E-state index contributed by atoms with van der Waals surface area (Å²) >= 11 is 17.5. The highest BCUT2D eigenvalue weighted by molar-refractivity contribution is 6.41. The highest BCUT2D eigenvalue weighted by atomic mass is 35.5. The number of benzene rings is 3. The van der Waals surface area contributed by atoms with Gasteiger partial charge in [0.05, 0.1) is 49.2 Å². The van der Waals surface area contributed by atoms with Gasteiger partial charge in [-0.25, -0.2) is 4.98 Å². The van der Waals surface area contributed by atoms with Crippen molar-refractivity contribution in [3.8, 4) is 5.75 Å². The average molecular weight is 771 g/mol. The topological polar surface area (TPSA) is 143 Å². The first-order chi connectivity index (χ1) is 25.2. The minimum absolute atomic E-state index is 0.0486. The smallest absolute Gasteiger partial charge is 0.257 e. The molecule has 5 N–H and O–H groups in total. The van der Waals surface area contributed by atoms with Gasteiger partial charge in [-0.2, -0.15) is 0 Å². The average Bonchev–Trinajstić information content (AvgIpc) is 3.19. The van der Waals surface area contributed by atoms with E-state index in [1.807, 2.05) is 55.5 Å². The molecule has 3 aromatic carbocycles. The highest BCUT2D eigenvalue weighted by Crippen LogP contribution is 2.25. The first-order valence-corrected chi connectivity index (χ1v) is 18.1. The number of halogens is 3. The fourth-order valence-electron chi connectivity index (χ4n) is 5.16. The van der Waals surface area contributed by atoms with Crippen LogP contribution in [0.1, 0.15) is 51.0 Å². The number of nitrogens with one attached hydrogen (secondary N) is 4. The number of aromatic nitrogens is 1. The van der Waals surface area contributed by atoms with Crippen LogP contribution in [0.5, 0.6) is 5.75 Å². The van der Waals surface area contributed by atoms with Gasteiger partial charge in [-0.05, 0) is 65.7 Å². The van der Waals surface area contributed by atoms with E-state index in [0.717, 1.165) is 43.0 Å². The molecular formula is C38H42Cl3N5O6. The van der Waals surface area contributed by atoms with E-state index in [1.165, 1.54) is 12.3 Å². The van der Waals surface area contributed by atoms with Crippen LogP contribution < -0.4 is 26.0 Å². The number of morpholine rings is 2. The molecule has 2 aliphatic rings. The molecule has 1 aromatic heterocycles. The zero-order chi connectivity index (χ0) is 36.9. The molecule has 6 rings (SSSR count). The van der Waals surface area contributed by atoms with Crippen molar-refractivity contribution in [3.05, 3.63) is 117 Å². The molecule has 0 bridgehead atoms. The lowest BCUT2D eigenvalue weighted by atomic mass is 9.96. The number of carbonyl (C=O) groups is 2. The Hall–Kier alpha value is -3.78. The fraction of sp³-hybridized carbons (Fsp3) is 0.342. The zero-order valence-corrected chi connectivity index (χ0v) is 30.9. The van der Waals surface area contributed by atoms with Crippen LogP contribution in [0.25, 0.3) is 0 Å². The number of pyridine rings is 1. The normalized spacial score (nSPS) is 18.2. The molecule has 14 heteroatoms. The number of aliphatic hydroxyl groups is 1. The van der Waals surface area contributed by atoms with Gasteiger partial charge in [-0.1, -0.05) is 54.4 Å². The minimum Gasteiger partial charge on any atom is -0.493 e. The van der Waals surface area contributed by atoms with Gasteiger partial charge >= 0.3 is 0 Å². The number of nitrogens with zero attached hydrogens (tertiary/aromatic N) is 1. The van der Waals surface area contributed by atoms with Gasteiger partial charge in [0.1, 0.15) is 10.9 Å². The van der Waals surface area contributed by atoms with Gasteiger partial charge < -0.3 is 40.6 Å². The first-order valence-electron chi connectivity index (χ1n) is 16.8. The molecule has 2 amide bonds. The maximum atomic E-state index is 12.5. The van der Waals surface area contributed by atoms with E-state index >= 15 is 0 Å². The van der Waals surface area contributed by atoms with Crippen LogP contribution in [-0.2, 0) is 9.47 Å². The van der Waals surface area contributed by atoms with Gasteiger partial charge in [0.15, 0.2) is 0 Å². The molecule has 0 radical (unpaired) electrons. The lowest BCUT2D eigenvalue weighted by Gasteiger charge is -2.24. The summed E-state index contributed by atoms with van der Waals surface area (Å²) in [5.74, 6) is 0.434. The Labute approximate surface area is 318 Å². The van der Waals surface area contributed by atoms with Gasteiger partial charge in [0.25, 0.3) is 11.8 Å². The summed E-state index contributed by atoms with van der Waals surface area (Å²) in [6.45, 7) is 6.84. The van der Waals surface area contributed by atoms with Crippen LogP contribution in [0.15, 0.2) is 85.1 Å². The van der Waals surface area contributed by atoms with Gasteiger partial charge in [0.2, 0.25) is 0 Å². The third kappa shape index (κ3) is 11.4. The number of anilines is 2. The number of hydrogen-bond donors (Lipinski definition) is 5. The Balaban J connectivity index is 0.000000206. The van der Waals surface area contributed by atoms with E-state index in [1.54, 1.807) is 24.3 Å². The molecule has 0 aliphatic carbocycles. The van der Waals surface area contributed by atoms with Crippen molar-refractivity contribution >= 4 is 58.0 Å². The predicted molar refractivity (Wildman–Crippen MR) is 204 cm³/mol. The van der Waals surface area contributed by atoms with Crippen LogP contribution in [0.2, 0.25) is 10.2 Å². The predicted octanol–water partition coefficient (Wildman–Crippen LogP) is 6.52. The summed E-state index contributed by atoms with van der Waals surface area (Å²) in [6, 6.07) is 23.6. The standard InChI is InChI=1S/C22H27ClN2O4.C16H15Cl2N3O2/c1-22(13-23,14-26)15-29-19-8-4-17(5-9-19)21(27)25-18-6-2-16(3-7-18)20-12-24-10-11-28-20;17-13-7-11(8-20-15(13)18)16(22)21-12-3-1-10(2-4-12)14-9-19-5-6-23-14/h2-9,20,24,26H,10-15H2,1H3,(H,25,27);1-4,7-8,14,19H,5-6,9H2,(H,21,22). The molecule has 2 aliphatic heterocycles. The Kier molecular flexibility index (Phi) is 14.7. The molecule has 3 unspecified atom stereocenters. The van der Waals surface area contributed by atoms with E-state index < -0.39 is 5.41 Å². The Morgan fingerprint density at radius 1 is 0.846 bits per heavy atom. The number of hydrogen-bond acceptors (Lipinski definition) is 9. The Morgan fingerprint density at radius 3 is 1.81 bits per heavy atom. The summed E-state index contributed by atoms with van der Waals surface area (Å²) in [4.78, 5) is 28.5. The fourth-order valence-corrected chi connectivity index (χ4v) is 5.59. The van der Waals surface area contributed by atoms with E-state index in [9.17, 15) is 14.7 Å². The summed E-state index contributed by atoms with van der Waals surface area (Å²) in [5.41, 5.74) is 3.96. The summed E-state index contributed by atoms with van der Waals surface area (Å²) in [7, 11) is 0. The maximum Gasteiger partial charge on any atom is 0.257 e. The molecule has 3 heterocycles. The van der Waals surface area contributed by atoms with Crippen LogP contribution in [-0.4, -0.2) is 80.4 Å². The highest BCUT2D eigenvalue weighted by Gasteiger charge is 2.23. The van der Waals surface area contributed by atoms with Gasteiger partial charge in [0, 0.05) is 60.6 Å². The number of amides is 2. The summed E-state index contributed by atoms with van der Waals surface area (Å²) in [5, 5.41) is 22.1. The largest absolute Gasteiger partial charge is 0.493 e. The Morgan fingerprint density at radius 2 is 1.37 bits per heavy atom. The van der Waals surface area contributed by atoms with Gasteiger partial charge in [-0.3, -0.25) is 9.59 Å². The molecule has 276 valence electrons. The van der Waals surface area contributed by atoms with Crippen LogP contribution >= 0.6 is 34.8 Å². The number of ether oxygens (including phenoxy) is 3. The van der Waals surface area contributed by atoms with Gasteiger partial charge in [-0.15, -0.1) is 11.6 Å². The number of alkyl halides is 1. The zero-order valence-electron chi connectivity index (χ0n) is 28.7. The molecule has 2 fully saturated rings. The summed E-state index contributed by atoms with van der Waals surface area (Å²) < 4.78 is 17.1. The van der Waals surface area contributed by atoms with Crippen LogP contribution in [0, 0.1) is 5.41 Å². The van der Waals surface area contributed by atoms with Crippen molar-refractivity contribution in [1.29, 1.82) is 0 Å². The SMILES string of the molecule is CC(CO)(CCl)COc1ccc(C(=O)Nc2ccc(C3CNCCO3)cc2)cc1.O=C(Nc1ccc(C2CNCCO2)cc1)c1cnc(Cl)c(Cl)c1. The van der Waals surface area contributed by atoms with E-state index in [4.69, 9.17) is 49.0 Å². The number of rotatable bonds is 11. The molecule has 4 aromatic rings. The molecule has 0 saturated carbocycles. The van der Waals surface area contributed by atoms with Crippen molar-refractivity contribution < 1.29 is 28.9 Å². The molecule has 11 nitrogen and oxygen atoms in total. The molecule has 3 atom stereocenters. The maximum absolute atomic E-state index is 12.5. The van der Waals surface area contributed by atoms with E-state index in [0.29, 0.717) is 48.3 Å². The van der Waals surface area contributed by atoms with Crippen LogP contribution in [0.3, 0.4) is 0 Å². The second-order valence-electron chi connectivity index (χ2n) is 12.7. The first kappa shape index (κ1) is 39.4. The monoisotopic (exact) mass is 769 g/mol. The number of aliphatic hydroxyl groups excluding tert-OH is 1. The third-order valence-corrected chi connectivity index (χ3v) is 9.73. The lowest BCUT2D eigenvalue weighted by molar-refractivity contribution is 0.0276. The van der Waals surface area contributed by atoms with Crippen molar-refractivity contribution in [3.63, 3.8) is 0 Å². The third-order valence-electron chi connectivity index (χ3n) is 8.40. The quantitative estimate of drug-likeness (QED) is 0.0852. The summed E-state index contributed by atoms with van der Waals surface area (Å²) in [6.07, 6.45) is 1.49. The van der Waals surface area contributed by atoms with Crippen molar-refractivity contribution in [2.24, 2.45) is 5.41 Å². The molecule has 52 heavy (non-hydrogen) atoms.